The summed E-state index contributed by atoms with van der Waals surface area (Å²) in [5, 5.41) is 6.17. The largest absolute Gasteiger partial charge is 0.497 e. The molecule has 2 N–H and O–H groups in total. The number of amides is 1. The van der Waals surface area contributed by atoms with Crippen LogP contribution in [0.25, 0.3) is 0 Å². The third-order valence-corrected chi connectivity index (χ3v) is 3.87. The highest BCUT2D eigenvalue weighted by atomic mass is 16.5. The maximum absolute atomic E-state index is 12.1. The van der Waals surface area contributed by atoms with Gasteiger partial charge in [-0.25, -0.2) is 0 Å². The summed E-state index contributed by atoms with van der Waals surface area (Å²) < 4.78 is 5.21. The quantitative estimate of drug-likeness (QED) is 0.729. The first-order valence-electron chi connectivity index (χ1n) is 8.32. The van der Waals surface area contributed by atoms with E-state index in [2.05, 4.69) is 36.6 Å². The number of nitrogens with one attached hydrogen (secondary N) is 2. The van der Waals surface area contributed by atoms with Crippen molar-refractivity contribution in [3.8, 4) is 5.75 Å². The first-order valence-corrected chi connectivity index (χ1v) is 8.32. The smallest absolute Gasteiger partial charge is 0.238 e. The van der Waals surface area contributed by atoms with Crippen LogP contribution in [0.3, 0.4) is 0 Å². The molecule has 4 heteroatoms. The maximum Gasteiger partial charge on any atom is 0.238 e. The van der Waals surface area contributed by atoms with Gasteiger partial charge in [-0.2, -0.15) is 0 Å². The number of carbonyl (C=O) groups is 1. The van der Waals surface area contributed by atoms with Crippen molar-refractivity contribution in [1.29, 1.82) is 0 Å². The fourth-order valence-corrected chi connectivity index (χ4v) is 2.57. The zero-order chi connectivity index (χ0) is 17.4. The number of hydrogen-bond acceptors (Lipinski definition) is 3. The Labute approximate surface area is 144 Å². The summed E-state index contributed by atoms with van der Waals surface area (Å²) >= 11 is 0. The Kier molecular flexibility index (Phi) is 6.82. The van der Waals surface area contributed by atoms with Crippen LogP contribution in [0, 0.1) is 0 Å². The summed E-state index contributed by atoms with van der Waals surface area (Å²) in [4.78, 5) is 12.1. The van der Waals surface area contributed by atoms with Gasteiger partial charge in [0.1, 0.15) is 5.75 Å². The standard InChI is InChI=1S/C20H26N2O2/c1-15(2)18-9-4-5-10-19(18)22-20(23)14-21-12-11-16-7-6-8-17(13-16)24-3/h4-10,13,15,21H,11-12,14H2,1-3H3,(H,22,23). The second-order valence-corrected chi connectivity index (χ2v) is 6.07. The molecule has 2 aromatic carbocycles. The summed E-state index contributed by atoms with van der Waals surface area (Å²) in [5.74, 6) is 1.21. The number of benzene rings is 2. The zero-order valence-electron chi connectivity index (χ0n) is 14.6. The lowest BCUT2D eigenvalue weighted by Gasteiger charge is -2.14. The Bertz CT molecular complexity index is 668. The van der Waals surface area contributed by atoms with Gasteiger partial charge in [0.25, 0.3) is 0 Å². The molecule has 24 heavy (non-hydrogen) atoms. The van der Waals surface area contributed by atoms with E-state index in [1.165, 1.54) is 5.56 Å². The summed E-state index contributed by atoms with van der Waals surface area (Å²) in [5.41, 5.74) is 3.24. The average molecular weight is 326 g/mol. The highest BCUT2D eigenvalue weighted by Gasteiger charge is 2.08. The van der Waals surface area contributed by atoms with E-state index in [0.717, 1.165) is 30.0 Å². The molecule has 0 aliphatic carbocycles. The molecule has 0 aliphatic rings. The lowest BCUT2D eigenvalue weighted by molar-refractivity contribution is -0.115. The molecule has 2 aromatic rings. The molecule has 0 fully saturated rings. The molecule has 0 radical (unpaired) electrons. The fraction of sp³-hybridized carbons (Fsp3) is 0.350. The minimum atomic E-state index is -0.0197. The van der Waals surface area contributed by atoms with Crippen molar-refractivity contribution in [2.45, 2.75) is 26.2 Å². The van der Waals surface area contributed by atoms with Crippen molar-refractivity contribution in [1.82, 2.24) is 5.32 Å². The van der Waals surface area contributed by atoms with Crippen molar-refractivity contribution >= 4 is 11.6 Å². The summed E-state index contributed by atoms with van der Waals surface area (Å²) in [6.07, 6.45) is 0.854. The molecule has 0 bridgehead atoms. The molecule has 0 spiro atoms. The van der Waals surface area contributed by atoms with E-state index in [4.69, 9.17) is 4.74 Å². The van der Waals surface area contributed by atoms with Crippen LogP contribution in [-0.4, -0.2) is 26.1 Å². The van der Waals surface area contributed by atoms with E-state index >= 15 is 0 Å². The van der Waals surface area contributed by atoms with Gasteiger partial charge in [0.05, 0.1) is 13.7 Å². The number of para-hydroxylation sites is 1. The average Bonchev–Trinajstić information content (AvgIpc) is 2.59. The van der Waals surface area contributed by atoms with Crippen LogP contribution in [0.4, 0.5) is 5.69 Å². The van der Waals surface area contributed by atoms with Gasteiger partial charge in [0.15, 0.2) is 0 Å². The first-order chi connectivity index (χ1) is 11.6. The molecular weight excluding hydrogens is 300 g/mol. The molecule has 0 atom stereocenters. The van der Waals surface area contributed by atoms with Crippen LogP contribution in [0.2, 0.25) is 0 Å². The molecule has 0 aromatic heterocycles. The van der Waals surface area contributed by atoms with E-state index < -0.39 is 0 Å². The second-order valence-electron chi connectivity index (χ2n) is 6.07. The van der Waals surface area contributed by atoms with Gasteiger partial charge in [0.2, 0.25) is 5.91 Å². The van der Waals surface area contributed by atoms with E-state index in [-0.39, 0.29) is 5.91 Å². The highest BCUT2D eigenvalue weighted by Crippen LogP contribution is 2.23. The fourth-order valence-electron chi connectivity index (χ4n) is 2.57. The molecule has 0 saturated carbocycles. The van der Waals surface area contributed by atoms with Gasteiger partial charge in [-0.3, -0.25) is 4.79 Å². The Hall–Kier alpha value is -2.33. The third-order valence-electron chi connectivity index (χ3n) is 3.87. The second kappa shape index (κ2) is 9.08. The Morgan fingerprint density at radius 1 is 1.12 bits per heavy atom. The first kappa shape index (κ1) is 18.0. The normalized spacial score (nSPS) is 10.7. The summed E-state index contributed by atoms with van der Waals surface area (Å²) in [6.45, 7) is 5.29. The number of methoxy groups -OCH3 is 1. The molecule has 0 aliphatic heterocycles. The van der Waals surface area contributed by atoms with Gasteiger partial charge in [0, 0.05) is 5.69 Å². The number of ether oxygens (including phenoxy) is 1. The number of hydrogen-bond donors (Lipinski definition) is 2. The van der Waals surface area contributed by atoms with Gasteiger partial charge >= 0.3 is 0 Å². The monoisotopic (exact) mass is 326 g/mol. The van der Waals surface area contributed by atoms with Gasteiger partial charge in [-0.15, -0.1) is 0 Å². The molecule has 1 amide bonds. The van der Waals surface area contributed by atoms with Crippen LogP contribution in [0.1, 0.15) is 30.9 Å². The molecular formula is C20H26N2O2. The lowest BCUT2D eigenvalue weighted by atomic mass is 10.0. The van der Waals surface area contributed by atoms with Crippen molar-refractivity contribution in [2.75, 3.05) is 25.5 Å². The van der Waals surface area contributed by atoms with E-state index in [1.54, 1.807) is 7.11 Å². The third kappa shape index (κ3) is 5.39. The lowest BCUT2D eigenvalue weighted by Crippen LogP contribution is -2.29. The van der Waals surface area contributed by atoms with Crippen molar-refractivity contribution < 1.29 is 9.53 Å². The minimum absolute atomic E-state index is 0.0197. The minimum Gasteiger partial charge on any atom is -0.497 e. The maximum atomic E-state index is 12.1. The van der Waals surface area contributed by atoms with Gasteiger partial charge < -0.3 is 15.4 Å². The molecule has 4 nitrogen and oxygen atoms in total. The summed E-state index contributed by atoms with van der Waals surface area (Å²) in [6, 6.07) is 15.9. The Morgan fingerprint density at radius 2 is 1.92 bits per heavy atom. The SMILES string of the molecule is COc1cccc(CCNCC(=O)Nc2ccccc2C(C)C)c1. The van der Waals surface area contributed by atoms with E-state index in [0.29, 0.717) is 12.5 Å². The molecule has 2 rings (SSSR count). The predicted octanol–water partition coefficient (Wildman–Crippen LogP) is 3.59. The van der Waals surface area contributed by atoms with Gasteiger partial charge in [-0.05, 0) is 48.2 Å². The van der Waals surface area contributed by atoms with E-state index in [1.807, 2.05) is 36.4 Å². The van der Waals surface area contributed by atoms with E-state index in [9.17, 15) is 4.79 Å². The molecule has 0 unspecified atom stereocenters. The Balaban J connectivity index is 1.77. The molecule has 0 heterocycles. The number of carbonyl (C=O) groups excluding carboxylic acids is 1. The topological polar surface area (TPSA) is 50.4 Å². The van der Waals surface area contributed by atoms with Crippen molar-refractivity contribution in [3.05, 3.63) is 59.7 Å². The number of anilines is 1. The van der Waals surface area contributed by atoms with Gasteiger partial charge in [-0.1, -0.05) is 44.2 Å². The van der Waals surface area contributed by atoms with Crippen LogP contribution in [0.15, 0.2) is 48.5 Å². The van der Waals surface area contributed by atoms with Crippen LogP contribution < -0.4 is 15.4 Å². The number of rotatable bonds is 8. The Morgan fingerprint density at radius 3 is 2.67 bits per heavy atom. The highest BCUT2D eigenvalue weighted by molar-refractivity contribution is 5.93. The van der Waals surface area contributed by atoms with Crippen LogP contribution in [-0.2, 0) is 11.2 Å². The van der Waals surface area contributed by atoms with Crippen molar-refractivity contribution in [3.63, 3.8) is 0 Å². The molecule has 0 saturated heterocycles. The van der Waals surface area contributed by atoms with Crippen LogP contribution in [0.5, 0.6) is 5.75 Å². The predicted molar refractivity (Wildman–Crippen MR) is 98.7 cm³/mol. The summed E-state index contributed by atoms with van der Waals surface area (Å²) in [7, 11) is 1.66. The van der Waals surface area contributed by atoms with Crippen molar-refractivity contribution in [2.24, 2.45) is 0 Å². The molecule has 128 valence electrons. The van der Waals surface area contributed by atoms with Crippen LogP contribution >= 0.6 is 0 Å². The zero-order valence-corrected chi connectivity index (χ0v) is 14.6.